The number of sulfonamides is 1. The van der Waals surface area contributed by atoms with Crippen LogP contribution in [0.3, 0.4) is 0 Å². The normalized spacial score (nSPS) is 12.6. The molecule has 28 heavy (non-hydrogen) atoms. The standard InChI is InChI=1S/C21H25Cl2NO3S/c1-4-5-6-12-28(26,27)24-21(25)18-9-7-8-14(2)20(18)15(3)17-11-10-16(22)13-19(17)23/h7-11,13,15H,4-6,12H2,1-3H3,(H,24,25). The first-order valence-corrected chi connectivity index (χ1v) is 11.7. The van der Waals surface area contributed by atoms with E-state index < -0.39 is 15.9 Å². The first kappa shape index (κ1) is 22.7. The maximum absolute atomic E-state index is 12.8. The van der Waals surface area contributed by atoms with Crippen molar-refractivity contribution in [3.63, 3.8) is 0 Å². The second-order valence-corrected chi connectivity index (χ2v) is 9.57. The minimum atomic E-state index is -3.68. The SMILES string of the molecule is CCCCCS(=O)(=O)NC(=O)c1cccc(C)c1C(C)c1ccc(Cl)cc1Cl. The van der Waals surface area contributed by atoms with Gasteiger partial charge in [-0.05, 0) is 48.2 Å². The molecule has 2 rings (SSSR count). The van der Waals surface area contributed by atoms with Crippen LogP contribution in [-0.4, -0.2) is 20.1 Å². The van der Waals surface area contributed by atoms with Gasteiger partial charge < -0.3 is 0 Å². The van der Waals surface area contributed by atoms with Gasteiger partial charge in [0.25, 0.3) is 5.91 Å². The largest absolute Gasteiger partial charge is 0.268 e. The van der Waals surface area contributed by atoms with E-state index in [-0.39, 0.29) is 11.7 Å². The Kier molecular flexibility index (Phi) is 7.93. The molecule has 7 heteroatoms. The molecule has 0 fully saturated rings. The number of carbonyl (C=O) groups is 1. The van der Waals surface area contributed by atoms with Crippen LogP contribution < -0.4 is 4.72 Å². The Balaban J connectivity index is 2.37. The lowest BCUT2D eigenvalue weighted by Crippen LogP contribution is -2.33. The van der Waals surface area contributed by atoms with Crippen LogP contribution in [0.25, 0.3) is 0 Å². The van der Waals surface area contributed by atoms with E-state index in [1.165, 1.54) is 0 Å². The first-order chi connectivity index (χ1) is 13.2. The predicted molar refractivity (Wildman–Crippen MR) is 116 cm³/mol. The number of aryl methyl sites for hydroxylation is 1. The average Bonchev–Trinajstić information content (AvgIpc) is 2.60. The number of rotatable bonds is 8. The van der Waals surface area contributed by atoms with Crippen LogP contribution in [-0.2, 0) is 10.0 Å². The molecule has 0 saturated carbocycles. The van der Waals surface area contributed by atoms with E-state index >= 15 is 0 Å². The third-order valence-corrected chi connectivity index (χ3v) is 6.58. The Hall–Kier alpha value is -1.56. The Labute approximate surface area is 177 Å². The number of amides is 1. The molecule has 0 spiro atoms. The lowest BCUT2D eigenvalue weighted by molar-refractivity contribution is 0.0980. The van der Waals surface area contributed by atoms with Crippen LogP contribution in [0, 0.1) is 6.92 Å². The van der Waals surface area contributed by atoms with Crippen LogP contribution in [0.5, 0.6) is 0 Å². The topological polar surface area (TPSA) is 63.2 Å². The van der Waals surface area contributed by atoms with Gasteiger partial charge in [0.2, 0.25) is 10.0 Å². The monoisotopic (exact) mass is 441 g/mol. The highest BCUT2D eigenvalue weighted by atomic mass is 35.5. The molecule has 2 aromatic carbocycles. The van der Waals surface area contributed by atoms with Gasteiger partial charge in [0.1, 0.15) is 0 Å². The molecule has 0 aromatic heterocycles. The van der Waals surface area contributed by atoms with Crippen LogP contribution in [0.2, 0.25) is 10.0 Å². The number of carbonyl (C=O) groups excluding carboxylic acids is 1. The summed E-state index contributed by atoms with van der Waals surface area (Å²) in [5.74, 6) is -0.895. The van der Waals surface area contributed by atoms with Gasteiger partial charge in [-0.25, -0.2) is 13.1 Å². The maximum Gasteiger partial charge on any atom is 0.265 e. The fraction of sp³-hybridized carbons (Fsp3) is 0.381. The number of benzene rings is 2. The summed E-state index contributed by atoms with van der Waals surface area (Å²) in [6.45, 7) is 5.82. The third-order valence-electron chi connectivity index (χ3n) is 4.70. The fourth-order valence-corrected chi connectivity index (χ4v) is 4.90. The Bertz CT molecular complexity index is 958. The van der Waals surface area contributed by atoms with Gasteiger partial charge >= 0.3 is 0 Å². The molecule has 1 atom stereocenters. The van der Waals surface area contributed by atoms with Crippen LogP contribution in [0.15, 0.2) is 36.4 Å². The molecule has 0 aliphatic rings. The zero-order valence-electron chi connectivity index (χ0n) is 16.3. The summed E-state index contributed by atoms with van der Waals surface area (Å²) in [5.41, 5.74) is 2.78. The first-order valence-electron chi connectivity index (χ1n) is 9.25. The molecule has 1 amide bonds. The number of nitrogens with one attached hydrogen (secondary N) is 1. The quantitative estimate of drug-likeness (QED) is 0.533. The number of unbranched alkanes of at least 4 members (excludes halogenated alkanes) is 2. The van der Waals surface area contributed by atoms with E-state index in [1.807, 2.05) is 32.9 Å². The van der Waals surface area contributed by atoms with Crippen LogP contribution >= 0.6 is 23.2 Å². The summed E-state index contributed by atoms with van der Waals surface area (Å²) in [5, 5.41) is 1.03. The van der Waals surface area contributed by atoms with Gasteiger partial charge in [-0.3, -0.25) is 4.79 Å². The van der Waals surface area contributed by atoms with Gasteiger partial charge in [0.05, 0.1) is 5.75 Å². The smallest absolute Gasteiger partial charge is 0.265 e. The molecule has 0 aliphatic heterocycles. The molecule has 1 unspecified atom stereocenters. The Morgan fingerprint density at radius 2 is 1.86 bits per heavy atom. The van der Waals surface area contributed by atoms with E-state index in [1.54, 1.807) is 24.3 Å². The molecule has 0 heterocycles. The Morgan fingerprint density at radius 3 is 2.50 bits per heavy atom. The van der Waals surface area contributed by atoms with Crippen LogP contribution in [0.4, 0.5) is 0 Å². The fourth-order valence-electron chi connectivity index (χ4n) is 3.25. The number of hydrogen-bond donors (Lipinski definition) is 1. The summed E-state index contributed by atoms with van der Waals surface area (Å²) < 4.78 is 26.7. The maximum atomic E-state index is 12.8. The van der Waals surface area contributed by atoms with Crippen molar-refractivity contribution < 1.29 is 13.2 Å². The van der Waals surface area contributed by atoms with Crippen molar-refractivity contribution in [1.29, 1.82) is 0 Å². The average molecular weight is 442 g/mol. The van der Waals surface area contributed by atoms with Crippen molar-refractivity contribution in [1.82, 2.24) is 4.72 Å². The highest BCUT2D eigenvalue weighted by Gasteiger charge is 2.23. The van der Waals surface area contributed by atoms with Gasteiger partial charge in [-0.1, -0.05) is 68.1 Å². The molecule has 152 valence electrons. The lowest BCUT2D eigenvalue weighted by Gasteiger charge is -2.20. The summed E-state index contributed by atoms with van der Waals surface area (Å²) in [6, 6.07) is 10.5. The van der Waals surface area contributed by atoms with Gasteiger partial charge in [-0.15, -0.1) is 0 Å². The van der Waals surface area contributed by atoms with Crippen molar-refractivity contribution in [2.45, 2.75) is 46.0 Å². The molecule has 4 nitrogen and oxygen atoms in total. The van der Waals surface area contributed by atoms with Crippen molar-refractivity contribution >= 4 is 39.1 Å². The summed E-state index contributed by atoms with van der Waals surface area (Å²) in [6.07, 6.45) is 2.23. The zero-order chi connectivity index (χ0) is 20.9. The van der Waals surface area contributed by atoms with Crippen molar-refractivity contribution in [2.75, 3.05) is 5.75 Å². The number of hydrogen-bond acceptors (Lipinski definition) is 3. The second kappa shape index (κ2) is 9.77. The van der Waals surface area contributed by atoms with Gasteiger partial charge in [-0.2, -0.15) is 0 Å². The molecular formula is C21H25Cl2NO3S. The van der Waals surface area contributed by atoms with Crippen molar-refractivity contribution in [3.05, 3.63) is 68.7 Å². The van der Waals surface area contributed by atoms with Gasteiger partial charge in [0, 0.05) is 21.5 Å². The van der Waals surface area contributed by atoms with E-state index in [0.717, 1.165) is 29.5 Å². The molecule has 2 aromatic rings. The van der Waals surface area contributed by atoms with Crippen LogP contribution in [0.1, 0.15) is 66.1 Å². The van der Waals surface area contributed by atoms with E-state index in [9.17, 15) is 13.2 Å². The molecule has 0 bridgehead atoms. The van der Waals surface area contributed by atoms with Gasteiger partial charge in [0.15, 0.2) is 0 Å². The van der Waals surface area contributed by atoms with E-state index in [0.29, 0.717) is 22.0 Å². The molecular weight excluding hydrogens is 417 g/mol. The third kappa shape index (κ3) is 5.72. The highest BCUT2D eigenvalue weighted by molar-refractivity contribution is 7.90. The molecule has 1 N–H and O–H groups in total. The molecule has 0 aliphatic carbocycles. The highest BCUT2D eigenvalue weighted by Crippen LogP contribution is 2.35. The second-order valence-electron chi connectivity index (χ2n) is 6.88. The lowest BCUT2D eigenvalue weighted by atomic mass is 9.86. The van der Waals surface area contributed by atoms with Crippen molar-refractivity contribution in [2.24, 2.45) is 0 Å². The number of halogens is 2. The summed E-state index contributed by atoms with van der Waals surface area (Å²) in [7, 11) is -3.68. The summed E-state index contributed by atoms with van der Waals surface area (Å²) in [4.78, 5) is 12.8. The predicted octanol–water partition coefficient (Wildman–Crippen LogP) is 5.70. The zero-order valence-corrected chi connectivity index (χ0v) is 18.6. The van der Waals surface area contributed by atoms with Crippen molar-refractivity contribution in [3.8, 4) is 0 Å². The van der Waals surface area contributed by atoms with E-state index in [2.05, 4.69) is 4.72 Å². The Morgan fingerprint density at radius 1 is 1.14 bits per heavy atom. The molecule has 0 radical (unpaired) electrons. The van der Waals surface area contributed by atoms with E-state index in [4.69, 9.17) is 23.2 Å². The summed E-state index contributed by atoms with van der Waals surface area (Å²) >= 11 is 12.3. The molecule has 0 saturated heterocycles. The minimum absolute atomic E-state index is 0.0632. The minimum Gasteiger partial charge on any atom is -0.268 e.